The highest BCUT2D eigenvalue weighted by atomic mass is 19.2. The summed E-state index contributed by atoms with van der Waals surface area (Å²) >= 11 is 0. The van der Waals surface area contributed by atoms with E-state index in [1.54, 1.807) is 0 Å². The minimum atomic E-state index is -2.37. The number of carbonyl (C=O) groups is 2. The Bertz CT molecular complexity index is 980. The molecule has 292 valence electrons. The smallest absolute Gasteiger partial charge is 0.313 e. The second-order valence-corrected chi connectivity index (χ2v) is 9.75. The van der Waals surface area contributed by atoms with E-state index in [1.165, 1.54) is 0 Å². The molecular weight excluding hydrogens is 683 g/mol. The van der Waals surface area contributed by atoms with Gasteiger partial charge in [0, 0.05) is 19.6 Å². The van der Waals surface area contributed by atoms with Crippen molar-refractivity contribution >= 4 is 11.9 Å². The Balaban J connectivity index is 0.0000118. The van der Waals surface area contributed by atoms with Crippen molar-refractivity contribution in [1.29, 1.82) is 0 Å². The van der Waals surface area contributed by atoms with Crippen molar-refractivity contribution in [2.75, 3.05) is 112 Å². The van der Waals surface area contributed by atoms with Gasteiger partial charge in [-0.1, -0.05) is 20.8 Å². The molecule has 0 saturated carbocycles. The summed E-state index contributed by atoms with van der Waals surface area (Å²) in [6.45, 7) is 10.8. The Kier molecular flexibility index (Phi) is 30.7. The lowest BCUT2D eigenvalue weighted by atomic mass is 10.2. The lowest BCUT2D eigenvalue weighted by molar-refractivity contribution is -0.136. The van der Waals surface area contributed by atoms with Gasteiger partial charge in [-0.3, -0.25) is 9.59 Å². The number of hydrogen-bond acceptors (Lipinski definition) is 12. The zero-order valence-electron chi connectivity index (χ0n) is 29.2. The van der Waals surface area contributed by atoms with Gasteiger partial charge in [-0.25, -0.2) is 13.2 Å². The van der Waals surface area contributed by atoms with Crippen molar-refractivity contribution in [1.82, 2.24) is 5.32 Å². The van der Waals surface area contributed by atoms with E-state index < -0.39 is 53.3 Å². The summed E-state index contributed by atoms with van der Waals surface area (Å²) in [7, 11) is 0. The molecule has 13 nitrogen and oxygen atoms in total. The number of halogens is 5. The predicted octanol–water partition coefficient (Wildman–Crippen LogP) is 3.08. The molecule has 1 atom stereocenters. The number of ether oxygens (including phenoxy) is 9. The van der Waals surface area contributed by atoms with Gasteiger partial charge in [0.25, 0.3) is 0 Å². The fraction of sp³-hybridized carbons (Fsp3) is 0.750. The molecule has 1 amide bonds. The van der Waals surface area contributed by atoms with Crippen molar-refractivity contribution in [3.8, 4) is 5.75 Å². The van der Waals surface area contributed by atoms with Crippen molar-refractivity contribution in [2.24, 2.45) is 5.73 Å². The summed E-state index contributed by atoms with van der Waals surface area (Å²) in [5.41, 5.74) is 5.35. The summed E-state index contributed by atoms with van der Waals surface area (Å²) in [6.07, 6.45) is 0.405. The average molecular weight is 737 g/mol. The third-order valence-electron chi connectivity index (χ3n) is 5.78. The summed E-state index contributed by atoms with van der Waals surface area (Å²) in [4.78, 5) is 24.2. The molecule has 0 radical (unpaired) electrons. The summed E-state index contributed by atoms with van der Waals surface area (Å²) in [6, 6.07) is -0.453. The largest absolute Gasteiger partial charge is 0.420 e. The molecule has 0 aliphatic heterocycles. The Morgan fingerprint density at radius 1 is 0.560 bits per heavy atom. The topological polar surface area (TPSA) is 155 Å². The van der Waals surface area contributed by atoms with Gasteiger partial charge < -0.3 is 53.7 Å². The van der Waals surface area contributed by atoms with Crippen molar-refractivity contribution < 1.29 is 74.2 Å². The van der Waals surface area contributed by atoms with Crippen LogP contribution in [0.4, 0.5) is 22.0 Å². The van der Waals surface area contributed by atoms with Gasteiger partial charge in [-0.15, -0.1) is 0 Å². The molecule has 0 spiro atoms. The molecule has 1 rings (SSSR count). The maximum atomic E-state index is 13.6. The van der Waals surface area contributed by atoms with Crippen LogP contribution >= 0.6 is 0 Å². The Labute approximate surface area is 290 Å². The summed E-state index contributed by atoms with van der Waals surface area (Å²) < 4.78 is 114. The number of esters is 1. The molecular formula is C32H53F5N2O11. The van der Waals surface area contributed by atoms with Gasteiger partial charge in [0.1, 0.15) is 0 Å². The van der Waals surface area contributed by atoms with Gasteiger partial charge in [-0.05, 0) is 6.42 Å². The highest BCUT2D eigenvalue weighted by Gasteiger charge is 2.28. The summed E-state index contributed by atoms with van der Waals surface area (Å²) in [5.74, 6) is -14.6. The van der Waals surface area contributed by atoms with E-state index in [0.717, 1.165) is 6.42 Å². The number of nitrogens with one attached hydrogen (secondary N) is 1. The second kappa shape index (κ2) is 32.4. The number of rotatable bonds is 31. The molecule has 0 bridgehead atoms. The number of amides is 1. The van der Waals surface area contributed by atoms with E-state index in [2.05, 4.69) is 10.1 Å². The zero-order valence-corrected chi connectivity index (χ0v) is 29.2. The van der Waals surface area contributed by atoms with E-state index in [4.69, 9.17) is 43.6 Å². The Morgan fingerprint density at radius 3 is 1.40 bits per heavy atom. The lowest BCUT2D eigenvalue weighted by Gasteiger charge is -2.19. The van der Waals surface area contributed by atoms with E-state index in [-0.39, 0.29) is 52.0 Å². The van der Waals surface area contributed by atoms with E-state index in [9.17, 15) is 31.5 Å². The first-order valence-electron chi connectivity index (χ1n) is 16.6. The Morgan fingerprint density at radius 2 is 0.940 bits per heavy atom. The number of hydrogen-bond donors (Lipinski definition) is 2. The van der Waals surface area contributed by atoms with Crippen LogP contribution in [0, 0.1) is 29.1 Å². The third-order valence-corrected chi connectivity index (χ3v) is 5.78. The minimum Gasteiger partial charge on any atom is -0.420 e. The maximum absolute atomic E-state index is 13.6. The molecule has 3 N–H and O–H groups in total. The second-order valence-electron chi connectivity index (χ2n) is 9.75. The first-order chi connectivity index (χ1) is 24.2. The molecule has 0 saturated heterocycles. The fourth-order valence-electron chi connectivity index (χ4n) is 3.47. The Hall–Kier alpha value is -2.55. The quantitative estimate of drug-likeness (QED) is 0.0288. The molecule has 1 aromatic rings. The monoisotopic (exact) mass is 736 g/mol. The van der Waals surface area contributed by atoms with Gasteiger partial charge in [-0.2, -0.15) is 8.78 Å². The SMILES string of the molecule is CC.CCCOCCOCCOCC(COCCOCCOCCN)NC(=O)CCOCCOCCC(=O)Oc1c(F)c(F)c(F)c(F)c1F. The molecule has 0 aliphatic carbocycles. The van der Waals surface area contributed by atoms with Gasteiger partial charge in [0.15, 0.2) is 0 Å². The molecule has 0 aromatic heterocycles. The number of benzene rings is 1. The van der Waals surface area contributed by atoms with Crippen LogP contribution in [0.3, 0.4) is 0 Å². The van der Waals surface area contributed by atoms with Crippen LogP contribution in [0.1, 0.15) is 40.0 Å². The normalized spacial score (nSPS) is 11.6. The van der Waals surface area contributed by atoms with Crippen LogP contribution < -0.4 is 15.8 Å². The van der Waals surface area contributed by atoms with E-state index in [1.807, 2.05) is 20.8 Å². The van der Waals surface area contributed by atoms with Gasteiger partial charge in [0.05, 0.1) is 112 Å². The molecule has 0 heterocycles. The zero-order chi connectivity index (χ0) is 37.4. The summed E-state index contributed by atoms with van der Waals surface area (Å²) in [5, 5.41) is 2.82. The highest BCUT2D eigenvalue weighted by molar-refractivity contribution is 5.76. The van der Waals surface area contributed by atoms with E-state index >= 15 is 0 Å². The first-order valence-corrected chi connectivity index (χ1v) is 16.6. The average Bonchev–Trinajstić information content (AvgIpc) is 3.12. The van der Waals surface area contributed by atoms with Crippen LogP contribution in [0.5, 0.6) is 5.75 Å². The molecule has 0 aliphatic rings. The molecule has 1 aromatic carbocycles. The molecule has 1 unspecified atom stereocenters. The number of carbonyl (C=O) groups excluding carboxylic acids is 2. The van der Waals surface area contributed by atoms with Gasteiger partial charge in [0.2, 0.25) is 40.7 Å². The standard InChI is InChI=1S/C30H47F5N2O11.C2H6/c1-2-6-40-10-14-44-16-18-46-20-22(21-47-19-17-45-15-13-43-9-5-36)37-23(38)3-7-41-11-12-42-8-4-24(39)48-30-28(34)26(32)25(31)27(33)29(30)35;1-2/h22H,2-21,36H2,1H3,(H,37,38);1-2H3. The fourth-order valence-corrected chi connectivity index (χ4v) is 3.47. The maximum Gasteiger partial charge on any atom is 0.313 e. The molecule has 0 fully saturated rings. The van der Waals surface area contributed by atoms with Crippen molar-refractivity contribution in [3.05, 3.63) is 29.1 Å². The third kappa shape index (κ3) is 23.0. The van der Waals surface area contributed by atoms with Crippen molar-refractivity contribution in [3.63, 3.8) is 0 Å². The van der Waals surface area contributed by atoms with Crippen LogP contribution in [-0.2, 0) is 47.5 Å². The van der Waals surface area contributed by atoms with Gasteiger partial charge >= 0.3 is 5.97 Å². The molecule has 18 heteroatoms. The van der Waals surface area contributed by atoms with E-state index in [0.29, 0.717) is 72.6 Å². The predicted molar refractivity (Wildman–Crippen MR) is 170 cm³/mol. The van der Waals surface area contributed by atoms with Crippen LogP contribution in [-0.4, -0.2) is 130 Å². The van der Waals surface area contributed by atoms with Crippen molar-refractivity contribution in [2.45, 2.75) is 46.1 Å². The molecule has 50 heavy (non-hydrogen) atoms. The van der Waals surface area contributed by atoms with Crippen LogP contribution in [0.25, 0.3) is 0 Å². The minimum absolute atomic E-state index is 0.0114. The number of nitrogens with two attached hydrogens (primary N) is 1. The highest BCUT2D eigenvalue weighted by Crippen LogP contribution is 2.29. The van der Waals surface area contributed by atoms with Crippen LogP contribution in [0.15, 0.2) is 0 Å². The van der Waals surface area contributed by atoms with Crippen LogP contribution in [0.2, 0.25) is 0 Å². The lowest BCUT2D eigenvalue weighted by Crippen LogP contribution is -2.42. The first kappa shape index (κ1) is 47.4.